The molecule has 0 aliphatic carbocycles. The topological polar surface area (TPSA) is 65.0 Å². The molecule has 0 aromatic heterocycles. The van der Waals surface area contributed by atoms with Crippen molar-refractivity contribution in [3.63, 3.8) is 0 Å². The maximum absolute atomic E-state index is 10.9. The lowest BCUT2D eigenvalue weighted by atomic mass is 10.0. The summed E-state index contributed by atoms with van der Waals surface area (Å²) in [6, 6.07) is 7.65. The minimum atomic E-state index is -0.559. The van der Waals surface area contributed by atoms with Crippen LogP contribution >= 0.6 is 0 Å². The van der Waals surface area contributed by atoms with Gasteiger partial charge in [0, 0.05) is 12.0 Å². The molecule has 2 atom stereocenters. The van der Waals surface area contributed by atoms with Crippen LogP contribution in [0.15, 0.2) is 36.4 Å². The maximum Gasteiger partial charge on any atom is 0.330 e. The van der Waals surface area contributed by atoms with Crippen LogP contribution in [0.2, 0.25) is 0 Å². The third kappa shape index (κ3) is 6.74. The van der Waals surface area contributed by atoms with Gasteiger partial charge in [-0.05, 0) is 24.1 Å². The molecule has 0 saturated heterocycles. The van der Waals surface area contributed by atoms with E-state index in [1.807, 2.05) is 31.2 Å². The van der Waals surface area contributed by atoms with Crippen molar-refractivity contribution >= 4 is 5.97 Å². The summed E-state index contributed by atoms with van der Waals surface area (Å²) in [7, 11) is 2.95. The molecule has 22 heavy (non-hydrogen) atoms. The van der Waals surface area contributed by atoms with Crippen LogP contribution in [0.3, 0.4) is 0 Å². The fraction of sp³-hybridized carbons (Fsp3) is 0.471. The molecule has 1 N–H and O–H groups in total. The average Bonchev–Trinajstić information content (AvgIpc) is 2.54. The van der Waals surface area contributed by atoms with Crippen LogP contribution in [-0.4, -0.2) is 38.0 Å². The van der Waals surface area contributed by atoms with Gasteiger partial charge in [0.05, 0.1) is 33.5 Å². The van der Waals surface area contributed by atoms with Crippen LogP contribution < -0.4 is 4.74 Å². The van der Waals surface area contributed by atoms with Gasteiger partial charge >= 0.3 is 5.97 Å². The first-order chi connectivity index (χ1) is 10.6. The fourth-order valence-corrected chi connectivity index (χ4v) is 1.80. The highest BCUT2D eigenvalue weighted by atomic mass is 16.5. The summed E-state index contributed by atoms with van der Waals surface area (Å²) in [6.45, 7) is 2.84. The Morgan fingerprint density at radius 2 is 1.95 bits per heavy atom. The van der Waals surface area contributed by atoms with Crippen LogP contribution in [0.25, 0.3) is 0 Å². The molecule has 5 heteroatoms. The van der Waals surface area contributed by atoms with Gasteiger partial charge in [0.2, 0.25) is 0 Å². The zero-order valence-electron chi connectivity index (χ0n) is 13.3. The average molecular weight is 308 g/mol. The lowest BCUT2D eigenvalue weighted by molar-refractivity contribution is -0.134. The largest absolute Gasteiger partial charge is 0.497 e. The van der Waals surface area contributed by atoms with Gasteiger partial charge in [0.25, 0.3) is 0 Å². The van der Waals surface area contributed by atoms with Crippen LogP contribution in [0.1, 0.15) is 18.9 Å². The number of aliphatic hydroxyl groups excluding tert-OH is 1. The van der Waals surface area contributed by atoms with E-state index in [0.29, 0.717) is 19.6 Å². The summed E-state index contributed by atoms with van der Waals surface area (Å²) in [5.41, 5.74) is 1.05. The van der Waals surface area contributed by atoms with Gasteiger partial charge in [-0.2, -0.15) is 0 Å². The number of benzene rings is 1. The summed E-state index contributed by atoms with van der Waals surface area (Å²) < 4.78 is 15.2. The van der Waals surface area contributed by atoms with E-state index in [1.54, 1.807) is 13.2 Å². The maximum atomic E-state index is 10.9. The Kier molecular flexibility index (Phi) is 8.25. The van der Waals surface area contributed by atoms with E-state index in [0.717, 1.165) is 11.3 Å². The number of carbonyl (C=O) groups is 1. The fourth-order valence-electron chi connectivity index (χ4n) is 1.80. The molecule has 0 heterocycles. The van der Waals surface area contributed by atoms with E-state index < -0.39 is 12.1 Å². The number of ether oxygens (including phenoxy) is 3. The smallest absolute Gasteiger partial charge is 0.330 e. The summed E-state index contributed by atoms with van der Waals surface area (Å²) in [5, 5.41) is 9.97. The van der Waals surface area contributed by atoms with Gasteiger partial charge in [-0.3, -0.25) is 0 Å². The highest BCUT2D eigenvalue weighted by Gasteiger charge is 2.13. The molecule has 122 valence electrons. The first-order valence-corrected chi connectivity index (χ1v) is 7.20. The van der Waals surface area contributed by atoms with Crippen molar-refractivity contribution in [2.45, 2.75) is 26.1 Å². The van der Waals surface area contributed by atoms with E-state index in [2.05, 4.69) is 4.74 Å². The second kappa shape index (κ2) is 9.97. The van der Waals surface area contributed by atoms with E-state index in [-0.39, 0.29) is 5.92 Å². The predicted octanol–water partition coefficient (Wildman–Crippen LogP) is 2.33. The number of methoxy groups -OCH3 is 2. The summed E-state index contributed by atoms with van der Waals surface area (Å²) in [5.74, 6) is 0.362. The highest BCUT2D eigenvalue weighted by Crippen LogP contribution is 2.13. The number of carbonyl (C=O) groups excluding carboxylic acids is 1. The molecule has 0 aliphatic heterocycles. The molecule has 1 aromatic carbocycles. The standard InChI is InChI=1S/C17H24O5/c1-13(16(18)5-4-6-17(19)21-3)11-22-12-14-7-9-15(20-2)10-8-14/h4,6-10,13,16,18H,5,11-12H2,1-3H3/b6-4+/t13-,16-/m1/s1. The van der Waals surface area contributed by atoms with Crippen molar-refractivity contribution in [2.24, 2.45) is 5.92 Å². The van der Waals surface area contributed by atoms with Crippen LogP contribution in [0, 0.1) is 5.92 Å². The second-order valence-electron chi connectivity index (χ2n) is 5.07. The first-order valence-electron chi connectivity index (χ1n) is 7.20. The minimum absolute atomic E-state index is 0.0273. The molecular weight excluding hydrogens is 284 g/mol. The van der Waals surface area contributed by atoms with Crippen LogP contribution in [0.4, 0.5) is 0 Å². The molecule has 0 bridgehead atoms. The van der Waals surface area contributed by atoms with Crippen molar-refractivity contribution in [1.29, 1.82) is 0 Å². The Labute approximate surface area is 131 Å². The molecule has 1 rings (SSSR count). The van der Waals surface area contributed by atoms with Gasteiger partial charge in [0.1, 0.15) is 5.75 Å². The molecule has 5 nitrogen and oxygen atoms in total. The van der Waals surface area contributed by atoms with Crippen molar-refractivity contribution in [2.75, 3.05) is 20.8 Å². The third-order valence-corrected chi connectivity index (χ3v) is 3.30. The Morgan fingerprint density at radius 1 is 1.27 bits per heavy atom. The second-order valence-corrected chi connectivity index (χ2v) is 5.07. The minimum Gasteiger partial charge on any atom is -0.497 e. The number of hydrogen-bond donors (Lipinski definition) is 1. The predicted molar refractivity (Wildman–Crippen MR) is 83.6 cm³/mol. The Hall–Kier alpha value is -1.85. The first kappa shape index (κ1) is 18.2. The zero-order chi connectivity index (χ0) is 16.4. The summed E-state index contributed by atoms with van der Waals surface area (Å²) in [4.78, 5) is 10.9. The highest BCUT2D eigenvalue weighted by molar-refractivity contribution is 5.81. The SMILES string of the molecule is COC(=O)/C=C/C[C@@H](O)[C@H](C)COCc1ccc(OC)cc1. The lowest BCUT2D eigenvalue weighted by Gasteiger charge is -2.17. The Balaban J connectivity index is 2.27. The van der Waals surface area contributed by atoms with E-state index in [4.69, 9.17) is 9.47 Å². The Bertz CT molecular complexity index is 466. The van der Waals surface area contributed by atoms with Crippen molar-refractivity contribution in [3.05, 3.63) is 42.0 Å². The quantitative estimate of drug-likeness (QED) is 0.560. The molecule has 0 aliphatic rings. The van der Waals surface area contributed by atoms with Crippen molar-refractivity contribution in [1.82, 2.24) is 0 Å². The molecule has 0 unspecified atom stereocenters. The zero-order valence-corrected chi connectivity index (χ0v) is 13.3. The summed E-state index contributed by atoms with van der Waals surface area (Å²) in [6.07, 6.45) is 2.75. The van der Waals surface area contributed by atoms with E-state index >= 15 is 0 Å². The lowest BCUT2D eigenvalue weighted by Crippen LogP contribution is -2.21. The van der Waals surface area contributed by atoms with Crippen molar-refractivity contribution in [3.8, 4) is 5.75 Å². The summed E-state index contributed by atoms with van der Waals surface area (Å²) >= 11 is 0. The third-order valence-electron chi connectivity index (χ3n) is 3.30. The molecule has 0 fully saturated rings. The van der Waals surface area contributed by atoms with Gasteiger partial charge < -0.3 is 19.3 Å². The van der Waals surface area contributed by atoms with Crippen molar-refractivity contribution < 1.29 is 24.1 Å². The molecule has 0 spiro atoms. The van der Waals surface area contributed by atoms with Gasteiger partial charge in [-0.1, -0.05) is 25.1 Å². The monoisotopic (exact) mass is 308 g/mol. The molecule has 0 amide bonds. The van der Waals surface area contributed by atoms with Gasteiger partial charge in [0.15, 0.2) is 0 Å². The molecular formula is C17H24O5. The number of esters is 1. The van der Waals surface area contributed by atoms with E-state index in [9.17, 15) is 9.90 Å². The normalized spacial score (nSPS) is 13.8. The Morgan fingerprint density at radius 3 is 2.55 bits per heavy atom. The van der Waals surface area contributed by atoms with Gasteiger partial charge in [-0.15, -0.1) is 0 Å². The molecule has 0 saturated carbocycles. The number of hydrogen-bond acceptors (Lipinski definition) is 5. The molecule has 1 aromatic rings. The van der Waals surface area contributed by atoms with Gasteiger partial charge in [-0.25, -0.2) is 4.79 Å². The van der Waals surface area contributed by atoms with Crippen LogP contribution in [0.5, 0.6) is 5.75 Å². The number of rotatable bonds is 9. The van der Waals surface area contributed by atoms with E-state index in [1.165, 1.54) is 13.2 Å². The molecule has 0 radical (unpaired) electrons. The van der Waals surface area contributed by atoms with Crippen LogP contribution in [-0.2, 0) is 20.9 Å². The number of aliphatic hydroxyl groups is 1.